The number of aliphatic carboxylic acids is 1. The largest absolute Gasteiger partial charge is 0.481 e. The molecule has 0 aliphatic carbocycles. The number of anilines is 1. The number of carboxylic acid groups (broad SMARTS) is 1. The van der Waals surface area contributed by atoms with Crippen molar-refractivity contribution in [1.82, 2.24) is 9.47 Å². The van der Waals surface area contributed by atoms with Gasteiger partial charge in [0.2, 0.25) is 0 Å². The molecule has 0 aromatic carbocycles. The van der Waals surface area contributed by atoms with Gasteiger partial charge in [-0.15, -0.1) is 0 Å². The molecule has 3 heterocycles. The van der Waals surface area contributed by atoms with E-state index in [9.17, 15) is 19.6 Å². The number of carboxylic acids is 1. The van der Waals surface area contributed by atoms with Crippen LogP contribution >= 0.6 is 24.0 Å². The Morgan fingerprint density at radius 2 is 1.91 bits per heavy atom. The van der Waals surface area contributed by atoms with Gasteiger partial charge in [-0.3, -0.25) is 23.9 Å². The van der Waals surface area contributed by atoms with Crippen LogP contribution in [0.1, 0.15) is 55.2 Å². The summed E-state index contributed by atoms with van der Waals surface area (Å²) in [5.41, 5.74) is 0.944. The maximum absolute atomic E-state index is 13.0. The predicted molar refractivity (Wildman–Crippen MR) is 129 cm³/mol. The SMILES string of the molecule is Cc1c(/C=C2/SC(=S)N(CCCC(=O)O)C2=O)c(N2CCCCCC2)n(C)c(=O)c1C#N. The highest BCUT2D eigenvalue weighted by Gasteiger charge is 2.33. The van der Waals surface area contributed by atoms with Crippen molar-refractivity contribution in [2.45, 2.75) is 45.4 Å². The van der Waals surface area contributed by atoms with Crippen LogP contribution < -0.4 is 10.5 Å². The number of rotatable bonds is 6. The summed E-state index contributed by atoms with van der Waals surface area (Å²) >= 11 is 6.52. The summed E-state index contributed by atoms with van der Waals surface area (Å²) in [7, 11) is 1.66. The highest BCUT2D eigenvalue weighted by atomic mass is 32.2. The molecular formula is C22H26N4O4S2. The fraction of sp³-hybridized carbons (Fsp3) is 0.500. The normalized spacial score (nSPS) is 18.2. The molecule has 0 saturated carbocycles. The molecule has 32 heavy (non-hydrogen) atoms. The van der Waals surface area contributed by atoms with E-state index in [0.717, 1.165) is 50.5 Å². The van der Waals surface area contributed by atoms with Crippen molar-refractivity contribution in [2.24, 2.45) is 7.05 Å². The number of carbonyl (C=O) groups is 2. The Kier molecular flexibility index (Phi) is 7.74. The van der Waals surface area contributed by atoms with E-state index in [-0.39, 0.29) is 30.0 Å². The smallest absolute Gasteiger partial charge is 0.303 e. The molecule has 170 valence electrons. The number of pyridine rings is 1. The summed E-state index contributed by atoms with van der Waals surface area (Å²) in [6.45, 7) is 3.58. The molecule has 0 radical (unpaired) electrons. The number of thiocarbonyl (C=S) groups is 1. The third-order valence-electron chi connectivity index (χ3n) is 5.79. The van der Waals surface area contributed by atoms with Gasteiger partial charge in [0.15, 0.2) is 0 Å². The lowest BCUT2D eigenvalue weighted by Gasteiger charge is -2.28. The van der Waals surface area contributed by atoms with Crippen molar-refractivity contribution in [3.05, 3.63) is 31.9 Å². The van der Waals surface area contributed by atoms with E-state index in [0.29, 0.717) is 32.6 Å². The van der Waals surface area contributed by atoms with Gasteiger partial charge in [-0.05, 0) is 37.8 Å². The van der Waals surface area contributed by atoms with E-state index < -0.39 is 5.97 Å². The minimum absolute atomic E-state index is 0.0410. The van der Waals surface area contributed by atoms with Crippen LogP contribution in [-0.4, -0.2) is 50.4 Å². The molecule has 1 amide bonds. The van der Waals surface area contributed by atoms with Gasteiger partial charge < -0.3 is 10.0 Å². The monoisotopic (exact) mass is 474 g/mol. The molecule has 0 unspecified atom stereocenters. The lowest BCUT2D eigenvalue weighted by atomic mass is 10.0. The van der Waals surface area contributed by atoms with Gasteiger partial charge in [-0.1, -0.05) is 36.8 Å². The fourth-order valence-corrected chi connectivity index (χ4v) is 5.38. The maximum Gasteiger partial charge on any atom is 0.303 e. The Bertz CT molecular complexity index is 1080. The molecule has 2 aliphatic rings. The maximum atomic E-state index is 13.0. The first-order valence-electron chi connectivity index (χ1n) is 10.6. The van der Waals surface area contributed by atoms with Gasteiger partial charge in [0, 0.05) is 38.7 Å². The van der Waals surface area contributed by atoms with Crippen LogP contribution in [0, 0.1) is 18.3 Å². The van der Waals surface area contributed by atoms with E-state index in [1.807, 2.05) is 6.07 Å². The van der Waals surface area contributed by atoms with Crippen LogP contribution in [0.25, 0.3) is 6.08 Å². The first kappa shape index (κ1) is 24.0. The number of nitrogens with zero attached hydrogens (tertiary/aromatic N) is 4. The standard InChI is InChI=1S/C22H26N4O4S2/c1-14-15(12-17-21(30)26(22(31)32-17)11-7-8-18(27)28)19(24(2)20(29)16(14)13-23)25-9-5-3-4-6-10-25/h12H,3-11H2,1-2H3,(H,27,28)/b17-12+. The quantitative estimate of drug-likeness (QED) is 0.495. The van der Waals surface area contributed by atoms with Crippen LogP contribution in [0.4, 0.5) is 5.82 Å². The van der Waals surface area contributed by atoms with Crippen molar-refractivity contribution in [1.29, 1.82) is 5.26 Å². The third kappa shape index (κ3) is 4.89. The molecule has 2 saturated heterocycles. The highest BCUT2D eigenvalue weighted by Crippen LogP contribution is 2.36. The lowest BCUT2D eigenvalue weighted by Crippen LogP contribution is -2.34. The van der Waals surface area contributed by atoms with E-state index in [4.69, 9.17) is 17.3 Å². The molecule has 3 rings (SSSR count). The van der Waals surface area contributed by atoms with Gasteiger partial charge in [0.1, 0.15) is 21.8 Å². The summed E-state index contributed by atoms with van der Waals surface area (Å²) in [5, 5.41) is 18.4. The zero-order chi connectivity index (χ0) is 23.4. The van der Waals surface area contributed by atoms with E-state index in [1.54, 1.807) is 20.0 Å². The average Bonchev–Trinajstić information content (AvgIpc) is 2.93. The third-order valence-corrected chi connectivity index (χ3v) is 7.17. The molecule has 2 aliphatic heterocycles. The van der Waals surface area contributed by atoms with Gasteiger partial charge in [-0.25, -0.2) is 0 Å². The second-order valence-electron chi connectivity index (χ2n) is 7.95. The number of hydrogen-bond acceptors (Lipinski definition) is 7. The number of carbonyl (C=O) groups excluding carboxylic acids is 1. The van der Waals surface area contributed by atoms with Crippen molar-refractivity contribution < 1.29 is 14.7 Å². The van der Waals surface area contributed by atoms with Crippen molar-refractivity contribution in [3.63, 3.8) is 0 Å². The predicted octanol–water partition coefficient (Wildman–Crippen LogP) is 3.01. The first-order valence-corrected chi connectivity index (χ1v) is 11.8. The number of aromatic nitrogens is 1. The molecule has 0 spiro atoms. The van der Waals surface area contributed by atoms with Crippen LogP contribution in [0.2, 0.25) is 0 Å². The second-order valence-corrected chi connectivity index (χ2v) is 9.62. The van der Waals surface area contributed by atoms with Crippen LogP contribution in [0.3, 0.4) is 0 Å². The Labute approximate surface area is 196 Å². The molecule has 0 atom stereocenters. The van der Waals surface area contributed by atoms with Gasteiger partial charge >= 0.3 is 5.97 Å². The molecule has 10 heteroatoms. The summed E-state index contributed by atoms with van der Waals surface area (Å²) in [5.74, 6) is -0.485. The van der Waals surface area contributed by atoms with E-state index in [2.05, 4.69) is 4.90 Å². The summed E-state index contributed by atoms with van der Waals surface area (Å²) in [4.78, 5) is 40.7. The number of thioether (sulfide) groups is 1. The number of amides is 1. The van der Waals surface area contributed by atoms with Gasteiger partial charge in [-0.2, -0.15) is 5.26 Å². The van der Waals surface area contributed by atoms with E-state index in [1.165, 1.54) is 9.47 Å². The van der Waals surface area contributed by atoms with Crippen molar-refractivity contribution >= 4 is 52.1 Å². The van der Waals surface area contributed by atoms with Gasteiger partial charge in [0.05, 0.1) is 4.91 Å². The highest BCUT2D eigenvalue weighted by molar-refractivity contribution is 8.26. The minimum Gasteiger partial charge on any atom is -0.481 e. The summed E-state index contributed by atoms with van der Waals surface area (Å²) in [6, 6.07) is 2.01. The number of nitriles is 1. The molecule has 1 N–H and O–H groups in total. The molecule has 1 aromatic rings. The first-order chi connectivity index (χ1) is 15.3. The van der Waals surface area contributed by atoms with Crippen LogP contribution in [0.15, 0.2) is 9.70 Å². The average molecular weight is 475 g/mol. The van der Waals surface area contributed by atoms with Crippen LogP contribution in [-0.2, 0) is 16.6 Å². The van der Waals surface area contributed by atoms with Crippen LogP contribution in [0.5, 0.6) is 0 Å². The molecular weight excluding hydrogens is 448 g/mol. The van der Waals surface area contributed by atoms with Gasteiger partial charge in [0.25, 0.3) is 11.5 Å². The Morgan fingerprint density at radius 1 is 1.25 bits per heavy atom. The van der Waals surface area contributed by atoms with Crippen molar-refractivity contribution in [3.8, 4) is 6.07 Å². The second kappa shape index (κ2) is 10.3. The van der Waals surface area contributed by atoms with E-state index >= 15 is 0 Å². The Morgan fingerprint density at radius 3 is 2.50 bits per heavy atom. The summed E-state index contributed by atoms with van der Waals surface area (Å²) < 4.78 is 1.89. The number of hydrogen-bond donors (Lipinski definition) is 1. The molecule has 8 nitrogen and oxygen atoms in total. The fourth-order valence-electron chi connectivity index (χ4n) is 4.09. The zero-order valence-corrected chi connectivity index (χ0v) is 19.9. The van der Waals surface area contributed by atoms with Crippen molar-refractivity contribution in [2.75, 3.05) is 24.5 Å². The minimum atomic E-state index is -0.919. The summed E-state index contributed by atoms with van der Waals surface area (Å²) in [6.07, 6.45) is 6.28. The molecule has 1 aromatic heterocycles. The Balaban J connectivity index is 2.05. The lowest BCUT2D eigenvalue weighted by molar-refractivity contribution is -0.137. The topological polar surface area (TPSA) is 107 Å². The molecule has 0 bridgehead atoms. The zero-order valence-electron chi connectivity index (χ0n) is 18.2. The Hall–Kier alpha value is -2.64. The molecule has 2 fully saturated rings.